The largest absolute Gasteiger partial charge is 0.312 e. The molecular formula is C57H48N4Si2. The summed E-state index contributed by atoms with van der Waals surface area (Å²) >= 11 is 0. The van der Waals surface area contributed by atoms with Gasteiger partial charge < -0.3 is 9.80 Å². The van der Waals surface area contributed by atoms with Crippen LogP contribution in [0.15, 0.2) is 182 Å². The molecule has 1 aliphatic rings. The molecule has 0 saturated carbocycles. The van der Waals surface area contributed by atoms with Crippen molar-refractivity contribution in [1.82, 2.24) is 0 Å². The highest BCUT2D eigenvalue weighted by molar-refractivity contribution is 7.00. The molecule has 0 heterocycles. The maximum atomic E-state index is 9.93. The number of para-hydroxylation sites is 2. The molecule has 0 saturated heterocycles. The van der Waals surface area contributed by atoms with Gasteiger partial charge in [-0.05, 0) is 140 Å². The second-order valence-electron chi connectivity index (χ2n) is 18.8. The number of benzene rings is 9. The minimum atomic E-state index is -2.12. The minimum absolute atomic E-state index is 0.137. The zero-order valence-corrected chi connectivity index (χ0v) is 38.6. The number of rotatable bonds is 8. The molecule has 0 fully saturated rings. The predicted octanol–water partition coefficient (Wildman–Crippen LogP) is 16.5. The van der Waals surface area contributed by atoms with Crippen LogP contribution in [-0.2, 0) is 4.66 Å². The quantitative estimate of drug-likeness (QED) is 0.0868. The van der Waals surface area contributed by atoms with Crippen molar-refractivity contribution in [3.63, 3.8) is 0 Å². The number of anilines is 6. The first-order valence-electron chi connectivity index (χ1n) is 21.7. The molecule has 0 aromatic heterocycles. The third kappa shape index (κ3) is 6.29. The van der Waals surface area contributed by atoms with Crippen LogP contribution in [-0.4, -0.2) is 16.1 Å². The molecule has 0 amide bonds. The Balaban J connectivity index is 1.26. The molecule has 0 aliphatic heterocycles. The van der Waals surface area contributed by atoms with E-state index in [0.29, 0.717) is 11.3 Å². The fourth-order valence-electron chi connectivity index (χ4n) is 11.2. The van der Waals surface area contributed by atoms with Crippen LogP contribution in [0.4, 0.5) is 39.8 Å². The lowest BCUT2D eigenvalue weighted by Crippen LogP contribution is -2.63. The molecule has 0 spiro atoms. The molecule has 63 heavy (non-hydrogen) atoms. The van der Waals surface area contributed by atoms with Crippen molar-refractivity contribution < 1.29 is 0 Å². The summed E-state index contributed by atoms with van der Waals surface area (Å²) in [6.07, 6.45) is 0. The smallest absolute Gasteiger partial charge is 0.189 e. The van der Waals surface area contributed by atoms with E-state index in [1.54, 1.807) is 0 Å². The fourth-order valence-corrected chi connectivity index (χ4v) is 24.3. The molecule has 0 N–H and O–H groups in total. The molecule has 6 heteroatoms. The van der Waals surface area contributed by atoms with Crippen LogP contribution in [0.1, 0.15) is 16.7 Å². The van der Waals surface area contributed by atoms with Crippen molar-refractivity contribution in [3.05, 3.63) is 210 Å². The molecule has 0 atom stereocenters. The average Bonchev–Trinajstić information content (AvgIpc) is 3.61. The van der Waals surface area contributed by atoms with Crippen molar-refractivity contribution in [2.45, 2.75) is 43.9 Å². The molecular weight excluding hydrogens is 797 g/mol. The van der Waals surface area contributed by atoms with Crippen LogP contribution >= 0.6 is 0 Å². The highest BCUT2D eigenvalue weighted by Crippen LogP contribution is 2.62. The van der Waals surface area contributed by atoms with E-state index >= 15 is 0 Å². The maximum absolute atomic E-state index is 9.93. The van der Waals surface area contributed by atoms with Gasteiger partial charge in [0.05, 0.1) is 34.4 Å². The zero-order chi connectivity index (χ0) is 43.7. The van der Waals surface area contributed by atoms with Crippen molar-refractivity contribution in [2.75, 3.05) is 9.80 Å². The lowest BCUT2D eigenvalue weighted by Gasteiger charge is -2.51. The predicted molar refractivity (Wildman–Crippen MR) is 272 cm³/mol. The van der Waals surface area contributed by atoms with E-state index in [-0.39, 0.29) is 4.66 Å². The van der Waals surface area contributed by atoms with Gasteiger partial charge in [0, 0.05) is 38.8 Å². The van der Waals surface area contributed by atoms with Gasteiger partial charge >= 0.3 is 0 Å². The van der Waals surface area contributed by atoms with Crippen LogP contribution in [0.5, 0.6) is 0 Å². The summed E-state index contributed by atoms with van der Waals surface area (Å²) in [5, 5.41) is 17.5. The summed E-state index contributed by atoms with van der Waals surface area (Å²) in [5.74, 6) is 0. The Labute approximate surface area is 372 Å². The van der Waals surface area contributed by atoms with Crippen LogP contribution < -0.4 is 9.80 Å². The summed E-state index contributed by atoms with van der Waals surface area (Å²) in [6, 6.07) is 67.3. The van der Waals surface area contributed by atoms with Gasteiger partial charge in [-0.3, -0.25) is 0 Å². The van der Waals surface area contributed by atoms with E-state index in [9.17, 15) is 5.26 Å². The minimum Gasteiger partial charge on any atom is -0.312 e. The number of nitrogens with zero attached hydrogens (tertiary/aromatic N) is 4. The van der Waals surface area contributed by atoms with Gasteiger partial charge in [-0.25, -0.2) is 4.85 Å². The third-order valence-corrected chi connectivity index (χ3v) is 23.3. The molecule has 1 aliphatic carbocycles. The van der Waals surface area contributed by atoms with Gasteiger partial charge in [-0.2, -0.15) is 5.26 Å². The van der Waals surface area contributed by atoms with Gasteiger partial charge in [0.2, 0.25) is 0 Å². The summed E-state index contributed by atoms with van der Waals surface area (Å²) in [7, 11) is -4.25. The van der Waals surface area contributed by atoms with E-state index in [1.807, 2.05) is 48.5 Å². The standard InChI is InChI=1S/C57H48N4Si2/c1-59-42-19-17-25-46(36-42)61(44-22-12-9-13-23-44)47-29-28-40-34-53-54(35-41(40)33-47)57(62(2,3)4,63(5,6)7)56-51-31-30-48(37-52(51)49-26-14-15-27-50(49)55(53)56)60(43-20-10-8-11-21-43)45-24-16-18-39(32-45)38-58/h8-37H,2-7H3. The van der Waals surface area contributed by atoms with Gasteiger partial charge in [0.15, 0.2) is 5.69 Å². The summed E-state index contributed by atoms with van der Waals surface area (Å²) in [4.78, 5) is 8.33. The lowest BCUT2D eigenvalue weighted by molar-refractivity contribution is 0.965. The van der Waals surface area contributed by atoms with Crippen LogP contribution in [0, 0.1) is 17.9 Å². The molecule has 4 nitrogen and oxygen atoms in total. The Bertz CT molecular complexity index is 3340. The molecule has 9 aromatic carbocycles. The number of fused-ring (bicyclic) bond motifs is 9. The van der Waals surface area contributed by atoms with Gasteiger partial charge in [-0.15, -0.1) is 0 Å². The first-order chi connectivity index (χ1) is 30.4. The van der Waals surface area contributed by atoms with Crippen molar-refractivity contribution in [2.24, 2.45) is 0 Å². The second kappa shape index (κ2) is 15.0. The zero-order valence-electron chi connectivity index (χ0n) is 36.6. The Morgan fingerprint density at radius 2 is 1.03 bits per heavy atom. The molecule has 0 bridgehead atoms. The topological polar surface area (TPSA) is 34.6 Å². The SMILES string of the molecule is [C-]#[N+]c1cccc(N(c2ccccc2)c2ccc3cc4c(cc3c2)C([Si](C)(C)C)([Si](C)(C)C)c2c-4c3ccccc3c3cc(N(c4ccccc4)c4cccc(C#N)c4)ccc23)c1. The number of hydrogen-bond acceptors (Lipinski definition) is 3. The van der Waals surface area contributed by atoms with E-state index in [0.717, 1.165) is 34.1 Å². The Morgan fingerprint density at radius 1 is 0.476 bits per heavy atom. The Hall–Kier alpha value is -7.23. The summed E-state index contributed by atoms with van der Waals surface area (Å²) < 4.78 is -0.137. The van der Waals surface area contributed by atoms with Crippen LogP contribution in [0.2, 0.25) is 39.3 Å². The molecule has 10 rings (SSSR count). The first-order valence-corrected chi connectivity index (χ1v) is 28.7. The van der Waals surface area contributed by atoms with E-state index < -0.39 is 16.1 Å². The first kappa shape index (κ1) is 39.9. The highest BCUT2D eigenvalue weighted by atomic mass is 28.4. The van der Waals surface area contributed by atoms with E-state index in [4.69, 9.17) is 6.57 Å². The summed E-state index contributed by atoms with van der Waals surface area (Å²) in [6.45, 7) is 23.4. The lowest BCUT2D eigenvalue weighted by atomic mass is 9.90. The number of hydrogen-bond donors (Lipinski definition) is 0. The van der Waals surface area contributed by atoms with Gasteiger partial charge in [0.25, 0.3) is 0 Å². The second-order valence-corrected chi connectivity index (χ2v) is 29.8. The monoisotopic (exact) mass is 844 g/mol. The fraction of sp³-hybridized carbons (Fsp3) is 0.123. The van der Waals surface area contributed by atoms with Gasteiger partial charge in [0.1, 0.15) is 0 Å². The van der Waals surface area contributed by atoms with Crippen molar-refractivity contribution in [3.8, 4) is 17.2 Å². The normalized spacial score (nSPS) is 13.0. The van der Waals surface area contributed by atoms with E-state index in [1.165, 1.54) is 54.6 Å². The van der Waals surface area contributed by atoms with Crippen LogP contribution in [0.25, 0.3) is 48.3 Å². The maximum Gasteiger partial charge on any atom is 0.189 e. The molecule has 9 aromatic rings. The number of nitriles is 1. The molecule has 0 unspecified atom stereocenters. The Morgan fingerprint density at radius 3 is 1.67 bits per heavy atom. The third-order valence-electron chi connectivity index (χ3n) is 13.3. The molecule has 0 radical (unpaired) electrons. The van der Waals surface area contributed by atoms with E-state index in [2.05, 4.69) is 193 Å². The van der Waals surface area contributed by atoms with Crippen molar-refractivity contribution in [1.29, 1.82) is 5.26 Å². The average molecular weight is 845 g/mol. The van der Waals surface area contributed by atoms with Crippen molar-refractivity contribution >= 4 is 88.3 Å². The van der Waals surface area contributed by atoms with Gasteiger partial charge in [-0.1, -0.05) is 136 Å². The van der Waals surface area contributed by atoms with Crippen LogP contribution in [0.3, 0.4) is 0 Å². The molecule has 304 valence electrons. The Kier molecular flexibility index (Phi) is 9.49. The highest BCUT2D eigenvalue weighted by Gasteiger charge is 2.60. The summed E-state index contributed by atoms with van der Waals surface area (Å²) in [5.41, 5.74) is 13.1.